The minimum absolute atomic E-state index is 0.814. The van der Waals surface area contributed by atoms with Crippen molar-refractivity contribution in [3.63, 3.8) is 0 Å². The second-order valence-corrected chi connectivity index (χ2v) is 5.12. The van der Waals surface area contributed by atoms with Crippen molar-refractivity contribution in [2.45, 2.75) is 11.3 Å². The van der Waals surface area contributed by atoms with E-state index in [-0.39, 0.29) is 0 Å². The Bertz CT molecular complexity index is 499. The number of benzene rings is 2. The Morgan fingerprint density at radius 1 is 1.11 bits per heavy atom. The highest BCUT2D eigenvalue weighted by Crippen LogP contribution is 2.29. The molecule has 0 aliphatic carbocycles. The first-order chi connectivity index (χ1) is 8.79. The zero-order valence-electron chi connectivity index (χ0n) is 10.4. The van der Waals surface area contributed by atoms with Crippen LogP contribution in [0.2, 0.25) is 0 Å². The van der Waals surface area contributed by atoms with E-state index in [9.17, 15) is 0 Å². The molecular formula is C15H17NOS. The van der Waals surface area contributed by atoms with Crippen molar-refractivity contribution in [3.8, 4) is 5.75 Å². The quantitative estimate of drug-likeness (QED) is 0.658. The molecule has 0 unspecified atom stereocenters. The predicted octanol–water partition coefficient (Wildman–Crippen LogP) is 3.61. The van der Waals surface area contributed by atoms with Crippen LogP contribution in [0.25, 0.3) is 0 Å². The summed E-state index contributed by atoms with van der Waals surface area (Å²) in [4.78, 5) is 1.09. The van der Waals surface area contributed by atoms with E-state index in [0.717, 1.165) is 28.5 Å². The Kier molecular flexibility index (Phi) is 4.53. The van der Waals surface area contributed by atoms with E-state index in [0.29, 0.717) is 0 Å². The van der Waals surface area contributed by atoms with E-state index < -0.39 is 0 Å². The molecular weight excluding hydrogens is 242 g/mol. The van der Waals surface area contributed by atoms with Gasteiger partial charge in [0.25, 0.3) is 0 Å². The summed E-state index contributed by atoms with van der Waals surface area (Å²) in [6.45, 7) is 0. The van der Waals surface area contributed by atoms with Crippen molar-refractivity contribution in [2.24, 2.45) is 0 Å². The normalized spacial score (nSPS) is 10.3. The lowest BCUT2D eigenvalue weighted by Gasteiger charge is -2.07. The van der Waals surface area contributed by atoms with Crippen LogP contribution in [0.15, 0.2) is 53.4 Å². The van der Waals surface area contributed by atoms with Crippen molar-refractivity contribution in [3.05, 3.63) is 54.1 Å². The summed E-state index contributed by atoms with van der Waals surface area (Å²) in [6, 6.07) is 16.2. The molecule has 2 aromatic carbocycles. The van der Waals surface area contributed by atoms with Crippen molar-refractivity contribution in [2.75, 3.05) is 18.6 Å². The number of ether oxygens (including phenoxy) is 1. The molecule has 2 rings (SSSR count). The van der Waals surface area contributed by atoms with Gasteiger partial charge in [0.15, 0.2) is 0 Å². The summed E-state index contributed by atoms with van der Waals surface area (Å²) < 4.78 is 5.21. The van der Waals surface area contributed by atoms with Gasteiger partial charge in [-0.2, -0.15) is 0 Å². The van der Waals surface area contributed by atoms with Gasteiger partial charge in [-0.25, -0.2) is 0 Å². The first-order valence-electron chi connectivity index (χ1n) is 5.90. The van der Waals surface area contributed by atoms with Gasteiger partial charge in [0.05, 0.1) is 7.11 Å². The molecule has 0 aromatic heterocycles. The fourth-order valence-electron chi connectivity index (χ4n) is 1.69. The van der Waals surface area contributed by atoms with Crippen LogP contribution in [-0.4, -0.2) is 12.9 Å². The van der Waals surface area contributed by atoms with Crippen LogP contribution in [0, 0.1) is 0 Å². The van der Waals surface area contributed by atoms with Crippen LogP contribution >= 0.6 is 11.8 Å². The lowest BCUT2D eigenvalue weighted by atomic mass is 10.2. The molecule has 2 aromatic rings. The molecule has 0 fully saturated rings. The molecule has 18 heavy (non-hydrogen) atoms. The SMILES string of the molecule is COc1ccc(N)c(SCCc2ccccc2)c1. The van der Waals surface area contributed by atoms with Gasteiger partial charge in [-0.1, -0.05) is 30.3 Å². The predicted molar refractivity (Wildman–Crippen MR) is 78.3 cm³/mol. The van der Waals surface area contributed by atoms with Crippen molar-refractivity contribution in [1.29, 1.82) is 0 Å². The van der Waals surface area contributed by atoms with Gasteiger partial charge in [0.1, 0.15) is 5.75 Å². The summed E-state index contributed by atoms with van der Waals surface area (Å²) in [5.74, 6) is 1.87. The van der Waals surface area contributed by atoms with Gasteiger partial charge in [-0.05, 0) is 30.2 Å². The number of hydrogen-bond donors (Lipinski definition) is 1. The molecule has 0 atom stereocenters. The lowest BCUT2D eigenvalue weighted by Crippen LogP contribution is -1.93. The highest BCUT2D eigenvalue weighted by Gasteiger charge is 2.02. The summed E-state index contributed by atoms with van der Waals surface area (Å²) in [7, 11) is 1.67. The number of anilines is 1. The molecule has 2 nitrogen and oxygen atoms in total. The summed E-state index contributed by atoms with van der Waals surface area (Å²) in [5, 5.41) is 0. The van der Waals surface area contributed by atoms with Gasteiger partial charge in [-0.15, -0.1) is 11.8 Å². The molecule has 0 heterocycles. The standard InChI is InChI=1S/C15H17NOS/c1-17-13-7-8-14(16)15(11-13)18-10-9-12-5-3-2-4-6-12/h2-8,11H,9-10,16H2,1H3. The van der Waals surface area contributed by atoms with Gasteiger partial charge in [-0.3, -0.25) is 0 Å². The van der Waals surface area contributed by atoms with E-state index in [1.165, 1.54) is 5.56 Å². The van der Waals surface area contributed by atoms with E-state index in [1.807, 2.05) is 24.3 Å². The molecule has 0 aliphatic heterocycles. The van der Waals surface area contributed by atoms with Gasteiger partial charge in [0, 0.05) is 16.3 Å². The zero-order valence-corrected chi connectivity index (χ0v) is 11.2. The first kappa shape index (κ1) is 12.8. The van der Waals surface area contributed by atoms with Crippen LogP contribution < -0.4 is 10.5 Å². The van der Waals surface area contributed by atoms with E-state index in [2.05, 4.69) is 24.3 Å². The maximum absolute atomic E-state index is 5.95. The average Bonchev–Trinajstić information content (AvgIpc) is 2.42. The number of methoxy groups -OCH3 is 1. The molecule has 3 heteroatoms. The maximum atomic E-state index is 5.95. The van der Waals surface area contributed by atoms with E-state index in [1.54, 1.807) is 18.9 Å². The third-order valence-electron chi connectivity index (χ3n) is 2.71. The third-order valence-corrected chi connectivity index (χ3v) is 3.78. The lowest BCUT2D eigenvalue weighted by molar-refractivity contribution is 0.414. The van der Waals surface area contributed by atoms with E-state index >= 15 is 0 Å². The summed E-state index contributed by atoms with van der Waals surface area (Å²) in [6.07, 6.45) is 1.04. The molecule has 0 aliphatic rings. The molecule has 0 radical (unpaired) electrons. The van der Waals surface area contributed by atoms with Crippen molar-refractivity contribution >= 4 is 17.4 Å². The topological polar surface area (TPSA) is 35.2 Å². The average molecular weight is 259 g/mol. The highest BCUT2D eigenvalue weighted by molar-refractivity contribution is 7.99. The second kappa shape index (κ2) is 6.36. The monoisotopic (exact) mass is 259 g/mol. The third kappa shape index (κ3) is 3.44. The molecule has 0 bridgehead atoms. The van der Waals surface area contributed by atoms with Gasteiger partial charge < -0.3 is 10.5 Å². The van der Waals surface area contributed by atoms with Crippen LogP contribution in [0.3, 0.4) is 0 Å². The molecule has 2 N–H and O–H groups in total. The molecule has 0 spiro atoms. The van der Waals surface area contributed by atoms with Crippen molar-refractivity contribution < 1.29 is 4.74 Å². The Morgan fingerprint density at radius 2 is 1.89 bits per heavy atom. The summed E-state index contributed by atoms with van der Waals surface area (Å²) >= 11 is 1.77. The van der Waals surface area contributed by atoms with Crippen LogP contribution in [0.4, 0.5) is 5.69 Å². The minimum atomic E-state index is 0.814. The Balaban J connectivity index is 1.94. The number of thioether (sulfide) groups is 1. The van der Waals surface area contributed by atoms with Crippen LogP contribution in [-0.2, 0) is 6.42 Å². The molecule has 0 saturated heterocycles. The van der Waals surface area contributed by atoms with Gasteiger partial charge >= 0.3 is 0 Å². The highest BCUT2D eigenvalue weighted by atomic mass is 32.2. The van der Waals surface area contributed by atoms with Gasteiger partial charge in [0.2, 0.25) is 0 Å². The first-order valence-corrected chi connectivity index (χ1v) is 6.88. The number of rotatable bonds is 5. The number of hydrogen-bond acceptors (Lipinski definition) is 3. The zero-order chi connectivity index (χ0) is 12.8. The fourth-order valence-corrected chi connectivity index (χ4v) is 2.68. The minimum Gasteiger partial charge on any atom is -0.497 e. The summed E-state index contributed by atoms with van der Waals surface area (Å²) in [5.41, 5.74) is 8.11. The Morgan fingerprint density at radius 3 is 2.61 bits per heavy atom. The van der Waals surface area contributed by atoms with Crippen LogP contribution in [0.5, 0.6) is 5.75 Å². The number of nitrogens with two attached hydrogens (primary N) is 1. The maximum Gasteiger partial charge on any atom is 0.120 e. The van der Waals surface area contributed by atoms with Crippen LogP contribution in [0.1, 0.15) is 5.56 Å². The smallest absolute Gasteiger partial charge is 0.120 e. The molecule has 94 valence electrons. The molecule has 0 amide bonds. The fraction of sp³-hybridized carbons (Fsp3) is 0.200. The Hall–Kier alpha value is -1.61. The number of aryl methyl sites for hydroxylation is 1. The van der Waals surface area contributed by atoms with E-state index in [4.69, 9.17) is 10.5 Å². The van der Waals surface area contributed by atoms with Crippen molar-refractivity contribution in [1.82, 2.24) is 0 Å². The molecule has 0 saturated carbocycles. The number of nitrogen functional groups attached to an aromatic ring is 1. The Labute approximate surface area is 112 Å². The second-order valence-electron chi connectivity index (χ2n) is 3.99. The largest absolute Gasteiger partial charge is 0.497 e.